The summed E-state index contributed by atoms with van der Waals surface area (Å²) in [5, 5.41) is 0. The Bertz CT molecular complexity index is 1050. The molecule has 0 saturated carbocycles. The summed E-state index contributed by atoms with van der Waals surface area (Å²) < 4.78 is 29.0. The van der Waals surface area contributed by atoms with Crippen molar-refractivity contribution in [2.45, 2.75) is 23.8 Å². The van der Waals surface area contributed by atoms with Crippen LogP contribution < -0.4 is 9.62 Å². The van der Waals surface area contributed by atoms with E-state index in [0.717, 1.165) is 23.2 Å². The first-order valence-electron chi connectivity index (χ1n) is 9.42. The molecule has 29 heavy (non-hydrogen) atoms. The lowest BCUT2D eigenvalue weighted by atomic mass is 10.0. The third kappa shape index (κ3) is 4.21. The van der Waals surface area contributed by atoms with E-state index >= 15 is 0 Å². The van der Waals surface area contributed by atoms with Crippen LogP contribution in [0, 0.1) is 0 Å². The van der Waals surface area contributed by atoms with Crippen LogP contribution in [0.25, 0.3) is 0 Å². The van der Waals surface area contributed by atoms with Gasteiger partial charge in [-0.05, 0) is 53.9 Å². The molecule has 2 aromatic carbocycles. The Hall–Kier alpha value is -3.03. The number of rotatable bonds is 6. The van der Waals surface area contributed by atoms with Crippen molar-refractivity contribution in [2.24, 2.45) is 0 Å². The highest BCUT2D eigenvalue weighted by molar-refractivity contribution is 7.89. The molecule has 1 atom stereocenters. The van der Waals surface area contributed by atoms with Crippen molar-refractivity contribution in [1.29, 1.82) is 0 Å². The number of benzene rings is 2. The molecular formula is C22H21N3O3S. The Morgan fingerprint density at radius 2 is 1.55 bits per heavy atom. The van der Waals surface area contributed by atoms with Crippen molar-refractivity contribution >= 4 is 21.6 Å². The van der Waals surface area contributed by atoms with Gasteiger partial charge in [0, 0.05) is 31.0 Å². The minimum Gasteiger partial charge on any atom is -0.312 e. The Morgan fingerprint density at radius 3 is 2.17 bits per heavy atom. The van der Waals surface area contributed by atoms with Crippen LogP contribution in [0.2, 0.25) is 0 Å². The molecule has 3 aromatic rings. The Labute approximate surface area is 170 Å². The SMILES string of the molecule is O=C1CCCN1c1ccc(S(=O)(=O)N[C@@H](c2ccccc2)c2ccncc2)cc1. The van der Waals surface area contributed by atoms with Gasteiger partial charge < -0.3 is 4.90 Å². The topological polar surface area (TPSA) is 79.4 Å². The molecule has 1 aliphatic heterocycles. The van der Waals surface area contributed by atoms with E-state index < -0.39 is 16.1 Å². The molecule has 1 aromatic heterocycles. The summed E-state index contributed by atoms with van der Waals surface area (Å²) in [6, 6.07) is 18.9. The number of sulfonamides is 1. The maximum atomic E-state index is 13.1. The third-order valence-electron chi connectivity index (χ3n) is 4.98. The first-order valence-corrected chi connectivity index (χ1v) is 10.9. The molecule has 6 nitrogen and oxygen atoms in total. The van der Waals surface area contributed by atoms with Gasteiger partial charge in [-0.25, -0.2) is 8.42 Å². The van der Waals surface area contributed by atoms with Crippen LogP contribution in [0.1, 0.15) is 30.0 Å². The molecule has 0 bridgehead atoms. The highest BCUT2D eigenvalue weighted by atomic mass is 32.2. The minimum absolute atomic E-state index is 0.0700. The maximum absolute atomic E-state index is 13.1. The Morgan fingerprint density at radius 1 is 0.897 bits per heavy atom. The molecule has 7 heteroatoms. The fourth-order valence-electron chi connectivity index (χ4n) is 3.48. The summed E-state index contributed by atoms with van der Waals surface area (Å²) in [4.78, 5) is 17.8. The average molecular weight is 407 g/mol. The molecule has 0 unspecified atom stereocenters. The molecule has 1 saturated heterocycles. The smallest absolute Gasteiger partial charge is 0.241 e. The van der Waals surface area contributed by atoms with Gasteiger partial charge in [-0.15, -0.1) is 0 Å². The van der Waals surface area contributed by atoms with E-state index in [9.17, 15) is 13.2 Å². The summed E-state index contributed by atoms with van der Waals surface area (Å²) in [7, 11) is -3.78. The maximum Gasteiger partial charge on any atom is 0.241 e. The molecule has 0 radical (unpaired) electrons. The molecule has 0 spiro atoms. The van der Waals surface area contributed by atoms with Crippen molar-refractivity contribution < 1.29 is 13.2 Å². The van der Waals surface area contributed by atoms with Gasteiger partial charge >= 0.3 is 0 Å². The molecule has 1 amide bonds. The average Bonchev–Trinajstić information content (AvgIpc) is 3.19. The number of nitrogens with zero attached hydrogens (tertiary/aromatic N) is 2. The van der Waals surface area contributed by atoms with Gasteiger partial charge in [0.05, 0.1) is 10.9 Å². The number of amides is 1. The van der Waals surface area contributed by atoms with Crippen LogP contribution in [0.3, 0.4) is 0 Å². The third-order valence-corrected chi connectivity index (χ3v) is 6.42. The number of hydrogen-bond acceptors (Lipinski definition) is 4. The van der Waals surface area contributed by atoms with Gasteiger partial charge in [0.1, 0.15) is 0 Å². The van der Waals surface area contributed by atoms with E-state index in [-0.39, 0.29) is 10.8 Å². The number of pyridine rings is 1. The van der Waals surface area contributed by atoms with Gasteiger partial charge in [0.15, 0.2) is 0 Å². The number of carbonyl (C=O) groups excluding carboxylic acids is 1. The quantitative estimate of drug-likeness (QED) is 0.680. The second kappa shape index (κ2) is 8.14. The van der Waals surface area contributed by atoms with E-state index in [0.29, 0.717) is 13.0 Å². The van der Waals surface area contributed by atoms with E-state index in [1.807, 2.05) is 30.3 Å². The van der Waals surface area contributed by atoms with Crippen molar-refractivity contribution in [3.8, 4) is 0 Å². The number of aromatic nitrogens is 1. The fourth-order valence-corrected chi connectivity index (χ4v) is 4.69. The number of nitrogens with one attached hydrogen (secondary N) is 1. The van der Waals surface area contributed by atoms with E-state index in [4.69, 9.17) is 0 Å². The molecule has 1 fully saturated rings. The zero-order valence-electron chi connectivity index (χ0n) is 15.7. The van der Waals surface area contributed by atoms with Crippen LogP contribution in [0.15, 0.2) is 84.0 Å². The molecule has 2 heterocycles. The van der Waals surface area contributed by atoms with Crippen LogP contribution in [0.5, 0.6) is 0 Å². The largest absolute Gasteiger partial charge is 0.312 e. The number of anilines is 1. The second-order valence-corrected chi connectivity index (χ2v) is 8.60. The van der Waals surface area contributed by atoms with Crippen LogP contribution >= 0.6 is 0 Å². The lowest BCUT2D eigenvalue weighted by molar-refractivity contribution is -0.117. The number of hydrogen-bond donors (Lipinski definition) is 1. The lowest BCUT2D eigenvalue weighted by Crippen LogP contribution is -2.29. The molecule has 1 N–H and O–H groups in total. The van der Waals surface area contributed by atoms with Crippen molar-refractivity contribution in [3.05, 3.63) is 90.3 Å². The first-order chi connectivity index (χ1) is 14.0. The van der Waals surface area contributed by atoms with E-state index in [2.05, 4.69) is 9.71 Å². The zero-order valence-corrected chi connectivity index (χ0v) is 16.5. The molecule has 0 aliphatic carbocycles. The van der Waals surface area contributed by atoms with Gasteiger partial charge in [-0.2, -0.15) is 4.72 Å². The summed E-state index contributed by atoms with van der Waals surface area (Å²) in [6.07, 6.45) is 4.64. The number of carbonyl (C=O) groups is 1. The van der Waals surface area contributed by atoms with Crippen molar-refractivity contribution in [2.75, 3.05) is 11.4 Å². The van der Waals surface area contributed by atoms with Gasteiger partial charge in [0.25, 0.3) is 0 Å². The van der Waals surface area contributed by atoms with E-state index in [1.165, 1.54) is 12.1 Å². The molecule has 148 valence electrons. The van der Waals surface area contributed by atoms with E-state index in [1.54, 1.807) is 41.6 Å². The van der Waals surface area contributed by atoms with Crippen LogP contribution in [-0.2, 0) is 14.8 Å². The van der Waals surface area contributed by atoms with Crippen LogP contribution in [0.4, 0.5) is 5.69 Å². The van der Waals surface area contributed by atoms with Crippen molar-refractivity contribution in [3.63, 3.8) is 0 Å². The fraction of sp³-hybridized carbons (Fsp3) is 0.182. The summed E-state index contributed by atoms with van der Waals surface area (Å²) in [5.74, 6) is 0.0700. The summed E-state index contributed by atoms with van der Waals surface area (Å²) in [6.45, 7) is 0.668. The molecule has 4 rings (SSSR count). The zero-order chi connectivity index (χ0) is 20.3. The lowest BCUT2D eigenvalue weighted by Gasteiger charge is -2.20. The summed E-state index contributed by atoms with van der Waals surface area (Å²) in [5.41, 5.74) is 2.36. The van der Waals surface area contributed by atoms with Gasteiger partial charge in [0.2, 0.25) is 15.9 Å². The molecular weight excluding hydrogens is 386 g/mol. The predicted octanol–water partition coefficient (Wildman–Crippen LogP) is 3.28. The van der Waals surface area contributed by atoms with Crippen molar-refractivity contribution in [1.82, 2.24) is 9.71 Å². The van der Waals surface area contributed by atoms with Crippen LogP contribution in [-0.4, -0.2) is 25.9 Å². The second-order valence-electron chi connectivity index (χ2n) is 6.89. The van der Waals surface area contributed by atoms with Gasteiger partial charge in [-0.1, -0.05) is 30.3 Å². The highest BCUT2D eigenvalue weighted by Crippen LogP contribution is 2.26. The summed E-state index contributed by atoms with van der Waals surface area (Å²) >= 11 is 0. The first kappa shape index (κ1) is 19.3. The normalized spacial score (nSPS) is 15.4. The monoisotopic (exact) mass is 407 g/mol. The standard InChI is InChI=1S/C22H21N3O3S/c26-21-7-4-16-25(21)19-8-10-20(11-9-19)29(27,28)24-22(17-5-2-1-3-6-17)18-12-14-23-15-13-18/h1-3,5-6,8-15,22,24H,4,7,16H2/t22-/m0/s1. The van der Waals surface area contributed by atoms with Gasteiger partial charge in [-0.3, -0.25) is 9.78 Å². The Balaban J connectivity index is 1.62. The predicted molar refractivity (Wildman–Crippen MR) is 111 cm³/mol. The Kier molecular flexibility index (Phi) is 5.42. The molecule has 1 aliphatic rings. The highest BCUT2D eigenvalue weighted by Gasteiger charge is 2.25. The minimum atomic E-state index is -3.78.